The Hall–Kier alpha value is -2.15. The average molecular weight is 347 g/mol. The number of carbonyl (C=O) groups excluding carboxylic acids is 2. The topological polar surface area (TPSA) is 71.5 Å². The number of anilines is 1. The number of nitrogens with one attached hydrogen (secondary N) is 1. The van der Waals surface area contributed by atoms with Crippen LogP contribution in [-0.2, 0) is 9.59 Å². The molecule has 0 unspecified atom stereocenters. The van der Waals surface area contributed by atoms with E-state index in [9.17, 15) is 9.59 Å². The minimum Gasteiger partial charge on any atom is -0.497 e. The zero-order valence-electron chi connectivity index (χ0n) is 14.3. The van der Waals surface area contributed by atoms with E-state index in [1.54, 1.807) is 12.0 Å². The fraction of sp³-hybridized carbons (Fsp3) is 0.471. The summed E-state index contributed by atoms with van der Waals surface area (Å²) in [5.41, 5.74) is 0.549. The quantitative estimate of drug-likeness (QED) is 0.927. The molecule has 2 heterocycles. The van der Waals surface area contributed by atoms with Crippen LogP contribution in [-0.4, -0.2) is 40.9 Å². The molecular formula is C17H21N3O3S. The number of hydrogen-bond acceptors (Lipinski definition) is 5. The SMILES string of the molecule is COc1ccc2nc(NC(=O)[C@@H]3CC(=O)N(C(C)(C)C)C3)sc2c1. The Kier molecular flexibility index (Phi) is 4.21. The number of likely N-dealkylation sites (tertiary alicyclic amines) is 1. The molecule has 1 saturated heterocycles. The number of fused-ring (bicyclic) bond motifs is 1. The lowest BCUT2D eigenvalue weighted by Crippen LogP contribution is -2.42. The van der Waals surface area contributed by atoms with Gasteiger partial charge in [0.25, 0.3) is 0 Å². The maximum Gasteiger partial charge on any atom is 0.231 e. The third-order valence-electron chi connectivity index (χ3n) is 4.13. The van der Waals surface area contributed by atoms with Crippen LogP contribution in [0.4, 0.5) is 5.13 Å². The Labute approximate surface area is 144 Å². The molecule has 1 N–H and O–H groups in total. The van der Waals surface area contributed by atoms with Crippen molar-refractivity contribution in [2.75, 3.05) is 19.0 Å². The van der Waals surface area contributed by atoms with Crippen molar-refractivity contribution in [1.82, 2.24) is 9.88 Å². The molecule has 7 heteroatoms. The molecule has 1 aliphatic rings. The first-order valence-electron chi connectivity index (χ1n) is 7.84. The van der Waals surface area contributed by atoms with Gasteiger partial charge in [-0.25, -0.2) is 4.98 Å². The molecular weight excluding hydrogens is 326 g/mol. The number of rotatable bonds is 3. The predicted octanol–water partition coefficient (Wildman–Crippen LogP) is 2.89. The van der Waals surface area contributed by atoms with Crippen molar-refractivity contribution in [3.05, 3.63) is 18.2 Å². The number of thiazole rings is 1. The summed E-state index contributed by atoms with van der Waals surface area (Å²) in [6.45, 7) is 6.39. The Morgan fingerprint density at radius 2 is 2.17 bits per heavy atom. The molecule has 1 aliphatic heterocycles. The number of benzene rings is 1. The Balaban J connectivity index is 1.72. The fourth-order valence-corrected chi connectivity index (χ4v) is 3.72. The van der Waals surface area contributed by atoms with Crippen LogP contribution in [0.3, 0.4) is 0 Å². The molecule has 6 nitrogen and oxygen atoms in total. The van der Waals surface area contributed by atoms with E-state index >= 15 is 0 Å². The normalized spacial score (nSPS) is 18.2. The Bertz CT molecular complexity index is 794. The van der Waals surface area contributed by atoms with Crippen LogP contribution in [0.15, 0.2) is 18.2 Å². The van der Waals surface area contributed by atoms with Crippen molar-refractivity contribution in [2.24, 2.45) is 5.92 Å². The van der Waals surface area contributed by atoms with Gasteiger partial charge in [0.05, 0.1) is 23.2 Å². The second kappa shape index (κ2) is 6.05. The van der Waals surface area contributed by atoms with E-state index in [0.717, 1.165) is 16.0 Å². The monoisotopic (exact) mass is 347 g/mol. The minimum atomic E-state index is -0.335. The number of amides is 2. The number of hydrogen-bond donors (Lipinski definition) is 1. The molecule has 1 fully saturated rings. The Morgan fingerprint density at radius 3 is 2.79 bits per heavy atom. The third kappa shape index (κ3) is 3.21. The molecule has 0 radical (unpaired) electrons. The summed E-state index contributed by atoms with van der Waals surface area (Å²) in [6.07, 6.45) is 0.252. The van der Waals surface area contributed by atoms with E-state index in [1.807, 2.05) is 39.0 Å². The van der Waals surface area contributed by atoms with Crippen LogP contribution in [0, 0.1) is 5.92 Å². The highest BCUT2D eigenvalue weighted by molar-refractivity contribution is 7.22. The van der Waals surface area contributed by atoms with Gasteiger partial charge in [-0.05, 0) is 39.0 Å². The van der Waals surface area contributed by atoms with Crippen molar-refractivity contribution in [3.8, 4) is 5.75 Å². The average Bonchev–Trinajstić information content (AvgIpc) is 3.08. The van der Waals surface area contributed by atoms with E-state index in [1.165, 1.54) is 11.3 Å². The van der Waals surface area contributed by atoms with Crippen LogP contribution >= 0.6 is 11.3 Å². The van der Waals surface area contributed by atoms with E-state index in [2.05, 4.69) is 10.3 Å². The summed E-state index contributed by atoms with van der Waals surface area (Å²) >= 11 is 1.40. The lowest BCUT2D eigenvalue weighted by atomic mass is 10.1. The van der Waals surface area contributed by atoms with Crippen LogP contribution in [0.2, 0.25) is 0 Å². The summed E-state index contributed by atoms with van der Waals surface area (Å²) in [5.74, 6) is 0.294. The highest BCUT2D eigenvalue weighted by Gasteiger charge is 2.39. The summed E-state index contributed by atoms with van der Waals surface area (Å²) in [5, 5.41) is 3.40. The molecule has 1 aromatic carbocycles. The van der Waals surface area contributed by atoms with Crippen LogP contribution < -0.4 is 10.1 Å². The highest BCUT2D eigenvalue weighted by atomic mass is 32.1. The van der Waals surface area contributed by atoms with Crippen LogP contribution in [0.5, 0.6) is 5.75 Å². The van der Waals surface area contributed by atoms with Crippen molar-refractivity contribution in [1.29, 1.82) is 0 Å². The van der Waals surface area contributed by atoms with Gasteiger partial charge in [-0.1, -0.05) is 11.3 Å². The van der Waals surface area contributed by atoms with Crippen molar-refractivity contribution >= 4 is 38.5 Å². The number of methoxy groups -OCH3 is 1. The number of ether oxygens (including phenoxy) is 1. The predicted molar refractivity (Wildman–Crippen MR) is 94.4 cm³/mol. The molecule has 1 atom stereocenters. The molecule has 3 rings (SSSR count). The fourth-order valence-electron chi connectivity index (χ4n) is 2.82. The van der Waals surface area contributed by atoms with Gasteiger partial charge < -0.3 is 15.0 Å². The van der Waals surface area contributed by atoms with E-state index in [0.29, 0.717) is 11.7 Å². The van der Waals surface area contributed by atoms with Gasteiger partial charge in [0, 0.05) is 18.5 Å². The summed E-state index contributed by atoms with van der Waals surface area (Å²) in [6, 6.07) is 5.59. The molecule has 2 amide bonds. The third-order valence-corrected chi connectivity index (χ3v) is 5.06. The summed E-state index contributed by atoms with van der Waals surface area (Å²) in [7, 11) is 1.61. The van der Waals surface area contributed by atoms with Gasteiger partial charge in [-0.15, -0.1) is 0 Å². The number of carbonyl (C=O) groups is 2. The van der Waals surface area contributed by atoms with Crippen LogP contribution in [0.1, 0.15) is 27.2 Å². The first-order valence-corrected chi connectivity index (χ1v) is 8.65. The van der Waals surface area contributed by atoms with Gasteiger partial charge in [0.15, 0.2) is 5.13 Å². The maximum atomic E-state index is 12.5. The highest BCUT2D eigenvalue weighted by Crippen LogP contribution is 2.31. The summed E-state index contributed by atoms with van der Waals surface area (Å²) < 4.78 is 6.15. The summed E-state index contributed by atoms with van der Waals surface area (Å²) in [4.78, 5) is 30.8. The van der Waals surface area contributed by atoms with Crippen molar-refractivity contribution < 1.29 is 14.3 Å². The molecule has 1 aromatic heterocycles. The number of aromatic nitrogens is 1. The zero-order valence-corrected chi connectivity index (χ0v) is 15.1. The largest absolute Gasteiger partial charge is 0.497 e. The first kappa shape index (κ1) is 16.7. The van der Waals surface area contributed by atoms with Gasteiger partial charge >= 0.3 is 0 Å². The smallest absolute Gasteiger partial charge is 0.231 e. The zero-order chi connectivity index (χ0) is 17.5. The minimum absolute atomic E-state index is 0.0247. The van der Waals surface area contributed by atoms with Crippen molar-refractivity contribution in [3.63, 3.8) is 0 Å². The van der Waals surface area contributed by atoms with Gasteiger partial charge in [0.2, 0.25) is 11.8 Å². The molecule has 0 bridgehead atoms. The maximum absolute atomic E-state index is 12.5. The second-order valence-electron chi connectivity index (χ2n) is 6.92. The molecule has 0 aliphatic carbocycles. The Morgan fingerprint density at radius 1 is 1.42 bits per heavy atom. The molecule has 2 aromatic rings. The van der Waals surface area contributed by atoms with E-state index < -0.39 is 0 Å². The van der Waals surface area contributed by atoms with Crippen LogP contribution in [0.25, 0.3) is 10.2 Å². The first-order chi connectivity index (χ1) is 11.3. The number of nitrogens with zero attached hydrogens (tertiary/aromatic N) is 2. The van der Waals surface area contributed by atoms with Crippen molar-refractivity contribution in [2.45, 2.75) is 32.7 Å². The van der Waals surface area contributed by atoms with Gasteiger partial charge in [0.1, 0.15) is 5.75 Å². The molecule has 128 valence electrons. The lowest BCUT2D eigenvalue weighted by Gasteiger charge is -2.31. The molecule has 24 heavy (non-hydrogen) atoms. The van der Waals surface area contributed by atoms with E-state index in [4.69, 9.17) is 4.74 Å². The van der Waals surface area contributed by atoms with E-state index in [-0.39, 0.29) is 29.7 Å². The molecule has 0 saturated carbocycles. The van der Waals surface area contributed by atoms with Gasteiger partial charge in [-0.3, -0.25) is 9.59 Å². The lowest BCUT2D eigenvalue weighted by molar-refractivity contribution is -0.131. The standard InChI is InChI=1S/C17H21N3O3S/c1-17(2,3)20-9-10(7-14(20)21)15(22)19-16-18-12-6-5-11(23-4)8-13(12)24-16/h5-6,8,10H,7,9H2,1-4H3,(H,18,19,22)/t10-/m1/s1. The molecule has 0 spiro atoms. The second-order valence-corrected chi connectivity index (χ2v) is 7.95. The van der Waals surface area contributed by atoms with Gasteiger partial charge in [-0.2, -0.15) is 0 Å².